The zero-order valence-electron chi connectivity index (χ0n) is 18.4. The maximum atomic E-state index is 12.1. The quantitative estimate of drug-likeness (QED) is 0.504. The van der Waals surface area contributed by atoms with Gasteiger partial charge in [-0.2, -0.15) is 0 Å². The zero-order chi connectivity index (χ0) is 19.1. The molecule has 1 nitrogen and oxygen atoms in total. The van der Waals surface area contributed by atoms with Gasteiger partial charge in [0.05, 0.1) is 0 Å². The molecule has 52 valence electrons. The first kappa shape index (κ1) is 0.992. The van der Waals surface area contributed by atoms with E-state index >= 15 is 0 Å². The second-order valence-corrected chi connectivity index (χ2v) is 1.20. The average molecular weight is 140 g/mol. The standard InChI is InChI=1S/C8H14O/c9-8-6-4-2-1-3-5-7-8/h1-7H2/i1D2,2D2,3D2,4D2,5D2,6D2,7D2. The lowest BCUT2D eigenvalue weighted by Gasteiger charge is -2.05. The molecule has 0 heterocycles. The molecule has 0 bridgehead atoms. The van der Waals surface area contributed by atoms with Crippen LogP contribution < -0.4 is 0 Å². The van der Waals surface area contributed by atoms with Gasteiger partial charge in [-0.1, -0.05) is 19.1 Å². The normalized spacial score (nSPS) is 85.1. The number of carbonyl (C=O) groups is 1. The summed E-state index contributed by atoms with van der Waals surface area (Å²) >= 11 is 0. The number of carbonyl (C=O) groups excluding carboxylic acids is 1. The van der Waals surface area contributed by atoms with Gasteiger partial charge in [-0.25, -0.2) is 0 Å². The minimum absolute atomic E-state index is 2.33. The van der Waals surface area contributed by atoms with Crippen molar-refractivity contribution in [3.63, 3.8) is 0 Å². The molecule has 0 spiro atoms. The number of hydrogen-bond acceptors (Lipinski definition) is 1. The number of rotatable bonds is 0. The van der Waals surface area contributed by atoms with Gasteiger partial charge in [-0.15, -0.1) is 0 Å². The SMILES string of the molecule is [2H]C1([2H])C(=O)C([2H])([2H])C([2H])([2H])C([2H])([2H])C([2H])([2H])C([2H])([2H])C1([2H])[2H]. The Bertz CT molecular complexity index is 487. The number of ketones is 1. The van der Waals surface area contributed by atoms with Gasteiger partial charge in [-0.3, -0.25) is 4.79 Å². The van der Waals surface area contributed by atoms with Gasteiger partial charge in [-0.05, 0) is 12.7 Å². The van der Waals surface area contributed by atoms with Gasteiger partial charge in [0.15, 0.2) is 0 Å². The van der Waals surface area contributed by atoms with Crippen LogP contribution in [0.15, 0.2) is 0 Å². The van der Waals surface area contributed by atoms with Crippen LogP contribution in [0.1, 0.15) is 63.8 Å². The number of Topliss-reactive ketones (excluding diaryl/α,β-unsaturated/α-hetero) is 1. The van der Waals surface area contributed by atoms with Gasteiger partial charge in [0.25, 0.3) is 0 Å². The second kappa shape index (κ2) is 3.65. The summed E-state index contributed by atoms with van der Waals surface area (Å²) in [4.78, 5) is 12.1. The Kier molecular flexibility index (Phi) is 0.402. The molecule has 0 amide bonds. The summed E-state index contributed by atoms with van der Waals surface area (Å²) in [6.07, 6.45) is -27.8. The second-order valence-electron chi connectivity index (χ2n) is 1.20. The van der Waals surface area contributed by atoms with E-state index in [-0.39, 0.29) is 0 Å². The smallest absolute Gasteiger partial charge is 0.132 e. The van der Waals surface area contributed by atoms with E-state index in [0.717, 1.165) is 0 Å². The maximum absolute atomic E-state index is 12.1. The maximum Gasteiger partial charge on any atom is 0.132 e. The van der Waals surface area contributed by atoms with Crippen LogP contribution in [0.25, 0.3) is 0 Å². The van der Waals surface area contributed by atoms with Crippen LogP contribution in [0.4, 0.5) is 0 Å². The average Bonchev–Trinajstić information content (AvgIpc) is 2.35. The predicted molar refractivity (Wildman–Crippen MR) is 37.3 cm³/mol. The molecule has 0 atom stereocenters. The third kappa shape index (κ3) is 2.64. The van der Waals surface area contributed by atoms with Crippen LogP contribution in [0.2, 0.25) is 0 Å². The van der Waals surface area contributed by atoms with Gasteiger partial charge < -0.3 is 0 Å². The Morgan fingerprint density at radius 1 is 1.00 bits per heavy atom. The van der Waals surface area contributed by atoms with Crippen molar-refractivity contribution >= 4 is 5.78 Å². The fourth-order valence-electron chi connectivity index (χ4n) is 0.301. The first-order chi connectivity index (χ1) is 9.65. The van der Waals surface area contributed by atoms with E-state index in [1.807, 2.05) is 0 Å². The molecule has 1 aliphatic rings. The van der Waals surface area contributed by atoms with Crippen LogP contribution in [0, 0.1) is 0 Å². The Morgan fingerprint density at radius 3 is 2.00 bits per heavy atom. The molecule has 9 heavy (non-hydrogen) atoms. The van der Waals surface area contributed by atoms with E-state index in [1.54, 1.807) is 0 Å². The van der Waals surface area contributed by atoms with Crippen molar-refractivity contribution in [1.82, 2.24) is 0 Å². The summed E-state index contributed by atoms with van der Waals surface area (Å²) in [7, 11) is 0. The van der Waals surface area contributed by atoms with Crippen molar-refractivity contribution in [3.8, 4) is 0 Å². The molecule has 0 saturated heterocycles. The third-order valence-electron chi connectivity index (χ3n) is 0.602. The fraction of sp³-hybridized carbons (Fsp3) is 0.875. The van der Waals surface area contributed by atoms with Crippen molar-refractivity contribution in [2.45, 2.75) is 44.6 Å². The molecular formula is C8H14O. The van der Waals surface area contributed by atoms with Crippen LogP contribution in [-0.2, 0) is 4.79 Å². The van der Waals surface area contributed by atoms with Crippen LogP contribution >= 0.6 is 0 Å². The molecule has 1 fully saturated rings. The third-order valence-corrected chi connectivity index (χ3v) is 0.602. The minimum atomic E-state index is -4.01. The summed E-state index contributed by atoms with van der Waals surface area (Å²) < 4.78 is 106. The monoisotopic (exact) mass is 140 g/mol. The van der Waals surface area contributed by atoms with Gasteiger partial charge in [0, 0.05) is 31.9 Å². The molecule has 0 unspecified atom stereocenters. The fourth-order valence-corrected chi connectivity index (χ4v) is 0.301. The van der Waals surface area contributed by atoms with Crippen molar-refractivity contribution in [3.05, 3.63) is 0 Å². The highest BCUT2D eigenvalue weighted by molar-refractivity contribution is 5.78. The van der Waals surface area contributed by atoms with Gasteiger partial charge in [0.1, 0.15) is 5.78 Å². The van der Waals surface area contributed by atoms with Crippen LogP contribution in [-0.4, -0.2) is 5.78 Å². The minimum Gasteiger partial charge on any atom is -0.300 e. The largest absolute Gasteiger partial charge is 0.300 e. The molecule has 1 heteroatoms. The Morgan fingerprint density at radius 2 is 1.44 bits per heavy atom. The van der Waals surface area contributed by atoms with E-state index in [0.29, 0.717) is 0 Å². The Balaban J connectivity index is 3.99. The molecule has 1 aliphatic carbocycles. The molecular weight excluding hydrogens is 112 g/mol. The van der Waals surface area contributed by atoms with Crippen LogP contribution in [0.3, 0.4) is 0 Å². The first-order valence-corrected chi connectivity index (χ1v) is 2.20. The van der Waals surface area contributed by atoms with E-state index < -0.39 is 50.4 Å². The highest BCUT2D eigenvalue weighted by Crippen LogP contribution is 2.13. The predicted octanol–water partition coefficient (Wildman–Crippen LogP) is 2.30. The lowest BCUT2D eigenvalue weighted by molar-refractivity contribution is -0.119. The highest BCUT2D eigenvalue weighted by atomic mass is 16.1. The van der Waals surface area contributed by atoms with Gasteiger partial charge >= 0.3 is 0 Å². The molecule has 0 aromatic heterocycles. The van der Waals surface area contributed by atoms with Crippen molar-refractivity contribution < 1.29 is 24.0 Å². The summed E-state index contributed by atoms with van der Waals surface area (Å²) in [5.41, 5.74) is 0. The molecule has 0 aliphatic heterocycles. The molecule has 0 radical (unpaired) electrons. The Hall–Kier alpha value is -0.330. The molecule has 1 rings (SSSR count). The van der Waals surface area contributed by atoms with Gasteiger partial charge in [0.2, 0.25) is 0 Å². The summed E-state index contributed by atoms with van der Waals surface area (Å²) in [6, 6.07) is 0. The lowest BCUT2D eigenvalue weighted by atomic mass is 10.0. The summed E-state index contributed by atoms with van der Waals surface area (Å²) in [5.74, 6) is -2.33. The molecule has 0 aromatic carbocycles. The Labute approximate surface area is 76.1 Å². The van der Waals surface area contributed by atoms with Crippen molar-refractivity contribution in [1.29, 1.82) is 0 Å². The lowest BCUT2D eigenvalue weighted by Crippen LogP contribution is -2.00. The summed E-state index contributed by atoms with van der Waals surface area (Å²) in [5, 5.41) is 0. The molecule has 1 saturated carbocycles. The highest BCUT2D eigenvalue weighted by Gasteiger charge is 2.04. The topological polar surface area (TPSA) is 17.1 Å². The van der Waals surface area contributed by atoms with Crippen molar-refractivity contribution in [2.24, 2.45) is 0 Å². The zero-order valence-corrected chi connectivity index (χ0v) is 4.41. The summed E-state index contributed by atoms with van der Waals surface area (Å²) in [6.45, 7) is 0. The first-order valence-electron chi connectivity index (χ1n) is 9.20. The van der Waals surface area contributed by atoms with Crippen molar-refractivity contribution in [2.75, 3.05) is 0 Å². The molecule has 0 N–H and O–H groups in total. The number of hydrogen-bond donors (Lipinski definition) is 0. The molecule has 0 aromatic rings. The van der Waals surface area contributed by atoms with E-state index in [2.05, 4.69) is 0 Å². The van der Waals surface area contributed by atoms with E-state index in [1.165, 1.54) is 0 Å². The van der Waals surface area contributed by atoms with E-state index in [4.69, 9.17) is 19.2 Å². The van der Waals surface area contributed by atoms with E-state index in [9.17, 15) is 4.79 Å². The van der Waals surface area contributed by atoms with Crippen LogP contribution in [0.5, 0.6) is 0 Å².